The Morgan fingerprint density at radius 1 is 0.565 bits per heavy atom. The van der Waals surface area contributed by atoms with Gasteiger partial charge in [-0.25, -0.2) is 19.2 Å². The largest absolute Gasteiger partial charge is 0.444 e. The van der Waals surface area contributed by atoms with Crippen LogP contribution in [0.5, 0.6) is 0 Å². The first-order valence-electron chi connectivity index (χ1n) is 22.3. The Balaban J connectivity index is 1.76. The second-order valence-electron chi connectivity index (χ2n) is 17.3. The minimum absolute atomic E-state index is 0.0644. The smallest absolute Gasteiger partial charge is 0.414 e. The third-order valence-corrected chi connectivity index (χ3v) is 9.35. The Morgan fingerprint density at radius 2 is 0.903 bits per heavy atom. The van der Waals surface area contributed by atoms with E-state index < -0.39 is 23.4 Å². The van der Waals surface area contributed by atoms with E-state index in [4.69, 9.17) is 9.47 Å². The van der Waals surface area contributed by atoms with Crippen molar-refractivity contribution in [2.45, 2.75) is 130 Å². The number of hydrogen-bond donors (Lipinski definition) is 4. The van der Waals surface area contributed by atoms with Gasteiger partial charge in [-0.15, -0.1) is 0 Å². The Bertz CT molecular complexity index is 1640. The van der Waals surface area contributed by atoms with Crippen LogP contribution in [0.2, 0.25) is 0 Å². The summed E-state index contributed by atoms with van der Waals surface area (Å²) in [6.07, 6.45) is 17.0. The maximum Gasteiger partial charge on any atom is 0.414 e. The molecular formula is C48H72N8O6. The van der Waals surface area contributed by atoms with Crippen LogP contribution in [0.3, 0.4) is 0 Å². The molecule has 0 fully saturated rings. The van der Waals surface area contributed by atoms with Crippen molar-refractivity contribution in [3.8, 4) is 0 Å². The average Bonchev–Trinajstić information content (AvgIpc) is 3.19. The first-order chi connectivity index (χ1) is 29.7. The van der Waals surface area contributed by atoms with E-state index in [-0.39, 0.29) is 24.0 Å². The minimum Gasteiger partial charge on any atom is -0.444 e. The molecule has 3 rings (SSSR count). The summed E-state index contributed by atoms with van der Waals surface area (Å²) in [5.74, 6) is 0.129. The zero-order chi connectivity index (χ0) is 45.1. The number of urea groups is 2. The number of nitrogens with one attached hydrogen (secondary N) is 4. The number of guanidine groups is 2. The lowest BCUT2D eigenvalue weighted by Crippen LogP contribution is -2.50. The lowest BCUT2D eigenvalue weighted by Gasteiger charge is -2.24. The average molecular weight is 857 g/mol. The molecule has 0 saturated carbocycles. The van der Waals surface area contributed by atoms with Crippen molar-refractivity contribution in [2.75, 3.05) is 39.3 Å². The van der Waals surface area contributed by atoms with Crippen LogP contribution < -0.4 is 21.3 Å². The van der Waals surface area contributed by atoms with Gasteiger partial charge >= 0.3 is 24.2 Å². The zero-order valence-corrected chi connectivity index (χ0v) is 38.0. The number of carbonyl (C=O) groups is 4. The molecule has 340 valence electrons. The molecule has 1 aliphatic heterocycles. The molecule has 4 N–H and O–H groups in total. The molecule has 0 atom stereocenters. The predicted molar refractivity (Wildman–Crippen MR) is 250 cm³/mol. The third-order valence-electron chi connectivity index (χ3n) is 9.35. The number of amides is 6. The van der Waals surface area contributed by atoms with Crippen molar-refractivity contribution in [3.63, 3.8) is 0 Å². The lowest BCUT2D eigenvalue weighted by molar-refractivity contribution is 0.0549. The van der Waals surface area contributed by atoms with Crippen LogP contribution in [0.4, 0.5) is 19.2 Å². The molecule has 0 bridgehead atoms. The fourth-order valence-electron chi connectivity index (χ4n) is 6.32. The molecule has 1 heterocycles. The summed E-state index contributed by atoms with van der Waals surface area (Å²) in [7, 11) is 0. The quantitative estimate of drug-likeness (QED) is 0.226. The topological polar surface area (TPSA) is 166 Å². The van der Waals surface area contributed by atoms with E-state index in [1.165, 1.54) is 0 Å². The number of hydrogen-bond acceptors (Lipinski definition) is 8. The van der Waals surface area contributed by atoms with Crippen LogP contribution in [0.25, 0.3) is 12.2 Å². The summed E-state index contributed by atoms with van der Waals surface area (Å²) in [5, 5.41) is 11.0. The maximum absolute atomic E-state index is 13.8. The van der Waals surface area contributed by atoms with Crippen molar-refractivity contribution >= 4 is 48.3 Å². The zero-order valence-electron chi connectivity index (χ0n) is 38.0. The molecule has 2 aromatic carbocycles. The summed E-state index contributed by atoms with van der Waals surface area (Å²) in [4.78, 5) is 65.7. The van der Waals surface area contributed by atoms with Crippen molar-refractivity contribution < 1.29 is 28.7 Å². The number of carbonyl (C=O) groups excluding carboxylic acids is 4. The highest BCUT2D eigenvalue weighted by molar-refractivity contribution is 6.03. The molecule has 6 amide bonds. The predicted octanol–water partition coefficient (Wildman–Crippen LogP) is 9.89. The number of alkyl carbamates (subject to hydrolysis) is 2. The molecule has 0 saturated heterocycles. The van der Waals surface area contributed by atoms with E-state index in [9.17, 15) is 19.2 Å². The number of rotatable bonds is 6. The van der Waals surface area contributed by atoms with Crippen molar-refractivity contribution in [1.29, 1.82) is 0 Å². The van der Waals surface area contributed by atoms with Gasteiger partial charge in [0, 0.05) is 39.3 Å². The Labute approximate surface area is 370 Å². The monoisotopic (exact) mass is 857 g/mol. The van der Waals surface area contributed by atoms with Gasteiger partial charge in [-0.3, -0.25) is 31.3 Å². The van der Waals surface area contributed by atoms with E-state index in [0.717, 1.165) is 88.2 Å². The molecule has 1 aliphatic rings. The van der Waals surface area contributed by atoms with E-state index in [1.807, 2.05) is 85.0 Å². The number of ether oxygens (including phenoxy) is 2. The standard InChI is InChI=1S/C48H72N8O6/c1-47(2,3)61-45(59)53-41-49-33-21-11-7-9-14-24-36-56(38-26-32-40-29-19-16-20-30-40)44(58)52-42(54-46(60)62-48(4,5)6)50-34-22-12-8-10-13-23-35-55(43(57)51-41)37-25-31-39-27-17-15-18-28-39/h15-20,25-32H,7-14,21-24,33-38H2,1-6H3,(H2,49,51,53,57,59)(H2,50,52,54,58,60)/b31-25+,32-26+. The van der Waals surface area contributed by atoms with Crippen LogP contribution in [0.15, 0.2) is 82.8 Å². The maximum atomic E-state index is 13.8. The third kappa shape index (κ3) is 24.0. The highest BCUT2D eigenvalue weighted by atomic mass is 16.6. The van der Waals surface area contributed by atoms with Gasteiger partial charge < -0.3 is 19.3 Å². The van der Waals surface area contributed by atoms with Crippen LogP contribution in [-0.2, 0) is 9.47 Å². The molecule has 14 heteroatoms. The number of benzene rings is 2. The van der Waals surface area contributed by atoms with Crippen molar-refractivity contribution in [1.82, 2.24) is 31.1 Å². The van der Waals surface area contributed by atoms with E-state index in [1.54, 1.807) is 51.3 Å². The molecule has 0 radical (unpaired) electrons. The number of nitrogens with zero attached hydrogens (tertiary/aromatic N) is 4. The molecule has 0 aliphatic carbocycles. The highest BCUT2D eigenvalue weighted by Gasteiger charge is 2.22. The van der Waals surface area contributed by atoms with Gasteiger partial charge in [0.2, 0.25) is 11.9 Å². The van der Waals surface area contributed by atoms with Gasteiger partial charge in [0.05, 0.1) is 0 Å². The SMILES string of the molecule is CC(C)(C)OC(=O)NC1=NCCCCCCCCN(C/C=C/c2ccccc2)C(=O)NC(NC(=O)OC(C)(C)C)=NCCCCCCCCN(C/C=C/c2ccccc2)C(=O)N1. The van der Waals surface area contributed by atoms with Gasteiger partial charge in [-0.1, -0.05) is 136 Å². The second kappa shape index (κ2) is 28.0. The normalized spacial score (nSPS) is 17.1. The highest BCUT2D eigenvalue weighted by Crippen LogP contribution is 2.12. The van der Waals surface area contributed by atoms with E-state index in [0.29, 0.717) is 39.3 Å². The summed E-state index contributed by atoms with van der Waals surface area (Å²) in [6.45, 7) is 13.3. The molecule has 62 heavy (non-hydrogen) atoms. The molecule has 0 aromatic heterocycles. The van der Waals surface area contributed by atoms with Crippen LogP contribution in [0.1, 0.15) is 130 Å². The first-order valence-corrected chi connectivity index (χ1v) is 22.3. The Hall–Kier alpha value is -5.66. The molecule has 0 spiro atoms. The van der Waals surface area contributed by atoms with E-state index >= 15 is 0 Å². The van der Waals surface area contributed by atoms with Gasteiger partial charge in [0.15, 0.2) is 0 Å². The summed E-state index contributed by atoms with van der Waals surface area (Å²) in [5.41, 5.74) is 0.623. The summed E-state index contributed by atoms with van der Waals surface area (Å²) < 4.78 is 11.0. The fourth-order valence-corrected chi connectivity index (χ4v) is 6.32. The van der Waals surface area contributed by atoms with Crippen LogP contribution in [0, 0.1) is 0 Å². The van der Waals surface area contributed by atoms with Gasteiger partial charge in [0.25, 0.3) is 0 Å². The van der Waals surface area contributed by atoms with Crippen molar-refractivity contribution in [2.24, 2.45) is 9.98 Å². The van der Waals surface area contributed by atoms with Crippen LogP contribution >= 0.6 is 0 Å². The number of aliphatic imine (C=N–C) groups is 2. The summed E-state index contributed by atoms with van der Waals surface area (Å²) >= 11 is 0. The van der Waals surface area contributed by atoms with Gasteiger partial charge in [0.1, 0.15) is 11.2 Å². The molecule has 0 unspecified atom stereocenters. The minimum atomic E-state index is -0.723. The Kier molecular flexibility index (Phi) is 22.9. The fraction of sp³-hybridized carbons (Fsp3) is 0.542. The molecular weight excluding hydrogens is 785 g/mol. The molecule has 14 nitrogen and oxygen atoms in total. The first kappa shape index (κ1) is 50.7. The van der Waals surface area contributed by atoms with Crippen LogP contribution in [-0.4, -0.2) is 96.4 Å². The Morgan fingerprint density at radius 3 is 1.26 bits per heavy atom. The molecule has 2 aromatic rings. The van der Waals surface area contributed by atoms with Gasteiger partial charge in [-0.2, -0.15) is 0 Å². The lowest BCUT2D eigenvalue weighted by atomic mass is 10.1. The summed E-state index contributed by atoms with van der Waals surface area (Å²) in [6, 6.07) is 19.1. The van der Waals surface area contributed by atoms with E-state index in [2.05, 4.69) is 31.3 Å². The second-order valence-corrected chi connectivity index (χ2v) is 17.3. The van der Waals surface area contributed by atoms with Crippen molar-refractivity contribution in [3.05, 3.63) is 83.9 Å². The van der Waals surface area contributed by atoms with Gasteiger partial charge in [-0.05, 0) is 78.4 Å².